The van der Waals surface area contributed by atoms with Crippen LogP contribution in [-0.2, 0) is 14.4 Å². The van der Waals surface area contributed by atoms with E-state index in [1.165, 1.54) is 0 Å². The summed E-state index contributed by atoms with van der Waals surface area (Å²) in [5, 5.41) is 28.6. The van der Waals surface area contributed by atoms with E-state index >= 15 is 0 Å². The topological polar surface area (TPSA) is 115 Å². The molecule has 0 aliphatic heterocycles. The molecule has 0 fully saturated rings. The van der Waals surface area contributed by atoms with Crippen LogP contribution in [0.25, 0.3) is 0 Å². The second-order valence-corrected chi connectivity index (χ2v) is 6.03. The van der Waals surface area contributed by atoms with Gasteiger partial charge in [0.2, 0.25) is 0 Å². The van der Waals surface area contributed by atoms with Gasteiger partial charge in [0, 0.05) is 12.4 Å². The normalized spacial score (nSPS) is 11.7. The summed E-state index contributed by atoms with van der Waals surface area (Å²) in [4.78, 5) is 32.6. The third-order valence-corrected chi connectivity index (χ3v) is 3.95. The number of carboxylic acid groups (broad SMARTS) is 3. The number of aliphatic carboxylic acids is 3. The highest BCUT2D eigenvalue weighted by Crippen LogP contribution is 2.15. The second-order valence-electron chi connectivity index (χ2n) is 6.03. The average molecular weight is 343 g/mol. The van der Waals surface area contributed by atoms with Gasteiger partial charge in [0.15, 0.2) is 0 Å². The third-order valence-electron chi connectivity index (χ3n) is 3.95. The van der Waals surface area contributed by atoms with Crippen molar-refractivity contribution in [1.29, 1.82) is 0 Å². The number of quaternary nitrogens is 1. The molecule has 24 heavy (non-hydrogen) atoms. The van der Waals surface area contributed by atoms with Gasteiger partial charge in [-0.05, 0) is 18.9 Å². The number of carboxylic acids is 3. The van der Waals surface area contributed by atoms with E-state index in [0.717, 1.165) is 32.1 Å². The molecule has 0 aliphatic rings. The van der Waals surface area contributed by atoms with E-state index in [9.17, 15) is 19.5 Å². The predicted octanol–water partition coefficient (Wildman–Crippen LogP) is 1.38. The molecule has 0 saturated carbocycles. The number of hydrogen-bond donors (Lipinski definition) is 2. The van der Waals surface area contributed by atoms with Crippen LogP contribution < -0.4 is 5.11 Å². The van der Waals surface area contributed by atoms with Gasteiger partial charge < -0.3 is 20.1 Å². The van der Waals surface area contributed by atoms with Crippen molar-refractivity contribution in [2.75, 3.05) is 19.6 Å². The van der Waals surface area contributed by atoms with Crippen molar-refractivity contribution in [3.05, 3.63) is 12.3 Å². The average Bonchev–Trinajstić information content (AvgIpc) is 2.51. The van der Waals surface area contributed by atoms with E-state index in [2.05, 4.69) is 6.92 Å². The molecule has 2 N–H and O–H groups in total. The highest BCUT2D eigenvalue weighted by Gasteiger charge is 2.26. The molecule has 0 bridgehead atoms. The summed E-state index contributed by atoms with van der Waals surface area (Å²) in [5.41, 5.74) is 0. The van der Waals surface area contributed by atoms with Crippen molar-refractivity contribution in [1.82, 2.24) is 0 Å². The zero-order chi connectivity index (χ0) is 18.4. The van der Waals surface area contributed by atoms with Gasteiger partial charge >= 0.3 is 11.9 Å². The highest BCUT2D eigenvalue weighted by atomic mass is 16.4. The maximum atomic E-state index is 10.9. The van der Waals surface area contributed by atoms with E-state index in [1.54, 1.807) is 6.20 Å². The standard InChI is InChI=1S/C17H29NO6/c1-2-3-4-5-6-7-11-18(12-8-15(19)20,13-9-16(21)22)14-10-17(23)24/h7,11H,2-6,8-10,12-14H2,1H3,(H2-,19,20,21,22,23,24)/b11-7+. The van der Waals surface area contributed by atoms with Gasteiger partial charge in [-0.3, -0.25) is 14.1 Å². The molecular weight excluding hydrogens is 314 g/mol. The molecule has 7 heteroatoms. The minimum Gasteiger partial charge on any atom is -0.550 e. The molecule has 0 heterocycles. The lowest BCUT2D eigenvalue weighted by Gasteiger charge is -2.34. The Labute approximate surface area is 143 Å². The molecule has 0 saturated heterocycles. The molecule has 0 amide bonds. The summed E-state index contributed by atoms with van der Waals surface area (Å²) in [6, 6.07) is 0. The van der Waals surface area contributed by atoms with Crippen molar-refractivity contribution < 1.29 is 34.2 Å². The largest absolute Gasteiger partial charge is 0.550 e. The molecule has 0 atom stereocenters. The summed E-state index contributed by atoms with van der Waals surface area (Å²) < 4.78 is 0.0420. The molecule has 0 aromatic carbocycles. The predicted molar refractivity (Wildman–Crippen MR) is 86.9 cm³/mol. The molecule has 0 spiro atoms. The molecule has 138 valence electrons. The van der Waals surface area contributed by atoms with Crippen molar-refractivity contribution >= 4 is 17.9 Å². The van der Waals surface area contributed by atoms with Crippen LogP contribution in [-0.4, -0.2) is 52.2 Å². The third kappa shape index (κ3) is 11.6. The van der Waals surface area contributed by atoms with E-state index in [0.29, 0.717) is 0 Å². The first-order valence-electron chi connectivity index (χ1n) is 8.48. The molecule has 0 unspecified atom stereocenters. The Morgan fingerprint density at radius 3 is 1.92 bits per heavy atom. The maximum Gasteiger partial charge on any atom is 0.309 e. The van der Waals surface area contributed by atoms with Crippen LogP contribution in [0.2, 0.25) is 0 Å². The number of hydrogen-bond acceptors (Lipinski definition) is 4. The molecular formula is C17H29NO6. The molecule has 0 rings (SSSR count). The Hall–Kier alpha value is -1.89. The zero-order valence-corrected chi connectivity index (χ0v) is 14.4. The summed E-state index contributed by atoms with van der Waals surface area (Å²) in [7, 11) is 0. The quantitative estimate of drug-likeness (QED) is 0.343. The van der Waals surface area contributed by atoms with Gasteiger partial charge in [0.05, 0.1) is 38.7 Å². The Kier molecular flexibility index (Phi) is 11.5. The van der Waals surface area contributed by atoms with Crippen LogP contribution in [0.15, 0.2) is 12.3 Å². The van der Waals surface area contributed by atoms with E-state index in [4.69, 9.17) is 10.2 Å². The fraction of sp³-hybridized carbons (Fsp3) is 0.706. The highest BCUT2D eigenvalue weighted by molar-refractivity contribution is 5.67. The summed E-state index contributed by atoms with van der Waals surface area (Å²) in [6.07, 6.45) is 8.36. The molecule has 0 radical (unpaired) electrons. The Balaban J connectivity index is 4.97. The second kappa shape index (κ2) is 12.5. The lowest BCUT2D eigenvalue weighted by Crippen LogP contribution is -2.48. The first kappa shape index (κ1) is 22.1. The van der Waals surface area contributed by atoms with Crippen molar-refractivity contribution in [3.8, 4) is 0 Å². The van der Waals surface area contributed by atoms with Crippen LogP contribution in [0.3, 0.4) is 0 Å². The van der Waals surface area contributed by atoms with Gasteiger partial charge in [-0.2, -0.15) is 0 Å². The number of nitrogens with zero attached hydrogens (tertiary/aromatic N) is 1. The summed E-state index contributed by atoms with van der Waals surface area (Å²) >= 11 is 0. The van der Waals surface area contributed by atoms with E-state index in [-0.39, 0.29) is 43.4 Å². The number of carbonyl (C=O) groups is 3. The first-order chi connectivity index (χ1) is 11.3. The van der Waals surface area contributed by atoms with Gasteiger partial charge in [0.1, 0.15) is 0 Å². The minimum atomic E-state index is -1.22. The molecule has 0 aliphatic carbocycles. The SMILES string of the molecule is CCCCCC/C=C/[N+](CCC(=O)[O-])(CCC(=O)O)CCC(=O)O. The Morgan fingerprint density at radius 2 is 1.46 bits per heavy atom. The number of unbranched alkanes of at least 4 members (excludes halogenated alkanes) is 4. The number of rotatable bonds is 15. The van der Waals surface area contributed by atoms with Crippen molar-refractivity contribution in [2.45, 2.75) is 58.3 Å². The lowest BCUT2D eigenvalue weighted by molar-refractivity contribution is -0.878. The van der Waals surface area contributed by atoms with Gasteiger partial charge in [-0.15, -0.1) is 0 Å². The van der Waals surface area contributed by atoms with Crippen LogP contribution in [0, 0.1) is 0 Å². The molecule has 0 aromatic rings. The van der Waals surface area contributed by atoms with Crippen LogP contribution in [0.5, 0.6) is 0 Å². The van der Waals surface area contributed by atoms with Crippen LogP contribution in [0.4, 0.5) is 0 Å². The fourth-order valence-corrected chi connectivity index (χ4v) is 2.50. The zero-order valence-electron chi connectivity index (χ0n) is 14.4. The van der Waals surface area contributed by atoms with Crippen LogP contribution >= 0.6 is 0 Å². The minimum absolute atomic E-state index is 0.0420. The summed E-state index contributed by atoms with van der Waals surface area (Å²) in [5.74, 6) is -3.20. The smallest absolute Gasteiger partial charge is 0.309 e. The van der Waals surface area contributed by atoms with Crippen LogP contribution in [0.1, 0.15) is 58.3 Å². The van der Waals surface area contributed by atoms with Crippen molar-refractivity contribution in [2.24, 2.45) is 0 Å². The Bertz CT molecular complexity index is 387. The first-order valence-corrected chi connectivity index (χ1v) is 8.48. The van der Waals surface area contributed by atoms with Gasteiger partial charge in [-0.25, -0.2) is 0 Å². The fourth-order valence-electron chi connectivity index (χ4n) is 2.50. The van der Waals surface area contributed by atoms with E-state index < -0.39 is 17.9 Å². The lowest BCUT2D eigenvalue weighted by atomic mass is 10.1. The molecule has 7 nitrogen and oxygen atoms in total. The molecule has 0 aromatic heterocycles. The van der Waals surface area contributed by atoms with Crippen molar-refractivity contribution in [3.63, 3.8) is 0 Å². The number of allylic oxidation sites excluding steroid dienone is 1. The number of carbonyl (C=O) groups excluding carboxylic acids is 1. The maximum absolute atomic E-state index is 10.9. The van der Waals surface area contributed by atoms with Gasteiger partial charge in [0.25, 0.3) is 0 Å². The summed E-state index contributed by atoms with van der Waals surface area (Å²) in [6.45, 7) is 2.59. The van der Waals surface area contributed by atoms with Gasteiger partial charge in [-0.1, -0.05) is 26.2 Å². The van der Waals surface area contributed by atoms with E-state index in [1.807, 2.05) is 6.08 Å². The Morgan fingerprint density at radius 1 is 0.917 bits per heavy atom. The monoisotopic (exact) mass is 343 g/mol.